The van der Waals surface area contributed by atoms with Crippen LogP contribution in [0.5, 0.6) is 0 Å². The molecule has 0 aliphatic heterocycles. The molecule has 2 heteroatoms. The fourth-order valence-electron chi connectivity index (χ4n) is 0. The molecule has 0 amide bonds. The first-order valence-electron chi connectivity index (χ1n) is 3.91. The molecule has 0 aliphatic rings. The Morgan fingerprint density at radius 3 is 1.11 bits per heavy atom. The molecule has 9 heavy (non-hydrogen) atoms. The van der Waals surface area contributed by atoms with E-state index in [1.807, 2.05) is 0 Å². The Morgan fingerprint density at radius 1 is 1.00 bits per heavy atom. The van der Waals surface area contributed by atoms with E-state index in [4.69, 9.17) is 0 Å². The van der Waals surface area contributed by atoms with E-state index >= 15 is 0 Å². The molecule has 0 spiro atoms. The normalized spacial score (nSPS) is 12.1. The van der Waals surface area contributed by atoms with Gasteiger partial charge >= 0.3 is 36.7 Å². The molecule has 0 aromatic carbocycles. The van der Waals surface area contributed by atoms with Gasteiger partial charge in [-0.3, -0.25) is 0 Å². The molecule has 0 aliphatic carbocycles. The standard InChI is InChI=1S/C4H10.C3H13PSi/c1-3-4-2;1-4(2,3)5/h3-4H2,1-2H3;4H,1-3,5H3. The van der Waals surface area contributed by atoms with Crippen molar-refractivity contribution in [2.75, 3.05) is 20.0 Å². The Labute approximate surface area is 64.0 Å². The minimum absolute atomic E-state index is 0.472. The zero-order chi connectivity index (χ0) is 7.91. The Hall–Kier alpha value is 0.647. The maximum atomic E-state index is 2.39. The van der Waals surface area contributed by atoms with Crippen molar-refractivity contribution < 1.29 is 0 Å². The van der Waals surface area contributed by atoms with Crippen molar-refractivity contribution in [1.82, 2.24) is 0 Å². The van der Waals surface area contributed by atoms with Gasteiger partial charge in [-0.05, 0) is 0 Å². The van der Waals surface area contributed by atoms with Crippen LogP contribution >= 0.6 is 6.81 Å². The third-order valence-corrected chi connectivity index (χ3v) is 0.500. The molecule has 0 fully saturated rings. The van der Waals surface area contributed by atoms with Crippen molar-refractivity contribution in [2.24, 2.45) is 0 Å². The first-order chi connectivity index (χ1) is 3.91. The molecule has 0 rings (SSSR count). The van der Waals surface area contributed by atoms with Crippen LogP contribution in [0.3, 0.4) is 0 Å². The maximum absolute atomic E-state index is 2.39. The Morgan fingerprint density at radius 2 is 1.11 bits per heavy atom. The molecule has 0 nitrogen and oxygen atoms in total. The molecule has 0 bridgehead atoms. The Bertz CT molecular complexity index is 39.4. The summed E-state index contributed by atoms with van der Waals surface area (Å²) in [6, 6.07) is 0. The van der Waals surface area contributed by atoms with Crippen LogP contribution in [0, 0.1) is 0 Å². The zero-order valence-electron chi connectivity index (χ0n) is 7.91. The van der Waals surface area contributed by atoms with Gasteiger partial charge in [-0.2, -0.15) is 0 Å². The van der Waals surface area contributed by atoms with Crippen molar-refractivity contribution in [3.8, 4) is 0 Å². The fraction of sp³-hybridized carbons (Fsp3) is 1.00. The summed E-state index contributed by atoms with van der Waals surface area (Å²) in [7, 11) is 1.45. The number of unbranched alkanes of at least 4 members (excludes halogenated alkanes) is 1. The molecule has 0 aromatic rings. The molecule has 60 valence electrons. The number of rotatable bonds is 1. The van der Waals surface area contributed by atoms with Crippen LogP contribution < -0.4 is 0 Å². The average Bonchev–Trinajstić information content (AvgIpc) is 1.61. The van der Waals surface area contributed by atoms with E-state index in [2.05, 4.69) is 33.8 Å². The van der Waals surface area contributed by atoms with Crippen LogP contribution in [-0.4, -0.2) is 29.9 Å². The van der Waals surface area contributed by atoms with Gasteiger partial charge in [-0.1, -0.05) is 26.7 Å². The van der Waals surface area contributed by atoms with E-state index in [9.17, 15) is 0 Å². The third kappa shape index (κ3) is 141. The molecule has 0 saturated heterocycles. The van der Waals surface area contributed by atoms with Crippen LogP contribution in [0.4, 0.5) is 0 Å². The van der Waals surface area contributed by atoms with Gasteiger partial charge in [0.1, 0.15) is 0 Å². The van der Waals surface area contributed by atoms with Crippen molar-refractivity contribution in [3.05, 3.63) is 0 Å². The second kappa shape index (κ2) is 6.76. The minimum atomic E-state index is -0.472. The van der Waals surface area contributed by atoms with Gasteiger partial charge in [0.25, 0.3) is 0 Å². The van der Waals surface area contributed by atoms with Crippen LogP contribution in [0.1, 0.15) is 26.7 Å². The van der Waals surface area contributed by atoms with E-state index in [1.165, 1.54) is 22.8 Å². The summed E-state index contributed by atoms with van der Waals surface area (Å²) < 4.78 is 0. The summed E-state index contributed by atoms with van der Waals surface area (Å²) >= 11 is 0. The molecule has 0 saturated carbocycles. The second-order valence-electron chi connectivity index (χ2n) is 4.00. The SMILES string of the molecule is CCCC.C[PH](C)(C)[SiH3]. The molecule has 0 atom stereocenters. The second-order valence-corrected chi connectivity index (χ2v) is 19.0. The van der Waals surface area contributed by atoms with E-state index in [1.54, 1.807) is 0 Å². The molecule has 0 aromatic heterocycles. The van der Waals surface area contributed by atoms with Gasteiger partial charge in [0, 0.05) is 0 Å². The van der Waals surface area contributed by atoms with E-state index in [0.717, 1.165) is 0 Å². The van der Waals surface area contributed by atoms with Crippen molar-refractivity contribution >= 4 is 16.7 Å². The average molecular weight is 166 g/mol. The van der Waals surface area contributed by atoms with Crippen LogP contribution in [0.2, 0.25) is 0 Å². The van der Waals surface area contributed by atoms with Crippen LogP contribution in [-0.2, 0) is 0 Å². The Kier molecular flexibility index (Phi) is 9.27. The topological polar surface area (TPSA) is 0 Å². The summed E-state index contributed by atoms with van der Waals surface area (Å²) in [5, 5.41) is 0. The van der Waals surface area contributed by atoms with Crippen LogP contribution in [0.15, 0.2) is 0 Å². The van der Waals surface area contributed by atoms with Gasteiger partial charge < -0.3 is 0 Å². The molecular formula is C7H23PSi. The number of hydrogen-bond acceptors (Lipinski definition) is 0. The van der Waals surface area contributed by atoms with Gasteiger partial charge in [0.05, 0.1) is 0 Å². The third-order valence-electron chi connectivity index (χ3n) is 0.500. The summed E-state index contributed by atoms with van der Waals surface area (Å²) in [6.07, 6.45) is 2.64. The molecule has 0 N–H and O–H groups in total. The predicted octanol–water partition coefficient (Wildman–Crippen LogP) is 1.71. The number of hydrogen-bond donors (Lipinski definition) is 0. The summed E-state index contributed by atoms with van der Waals surface area (Å²) in [5.74, 6) is 0. The van der Waals surface area contributed by atoms with E-state index in [-0.39, 0.29) is 0 Å². The van der Waals surface area contributed by atoms with Crippen molar-refractivity contribution in [3.63, 3.8) is 0 Å². The summed E-state index contributed by atoms with van der Waals surface area (Å²) in [6.45, 7) is 11.1. The molecule has 0 unspecified atom stereocenters. The van der Waals surface area contributed by atoms with Gasteiger partial charge in [-0.15, -0.1) is 0 Å². The fourth-order valence-corrected chi connectivity index (χ4v) is 0. The van der Waals surface area contributed by atoms with E-state index in [0.29, 0.717) is 0 Å². The van der Waals surface area contributed by atoms with E-state index < -0.39 is 6.81 Å². The van der Waals surface area contributed by atoms with Gasteiger partial charge in [0.2, 0.25) is 0 Å². The van der Waals surface area contributed by atoms with Gasteiger partial charge in [0.15, 0.2) is 0 Å². The van der Waals surface area contributed by atoms with Crippen molar-refractivity contribution in [2.45, 2.75) is 26.7 Å². The quantitative estimate of drug-likeness (QED) is 0.411. The molecular weight excluding hydrogens is 143 g/mol. The molecule has 0 radical (unpaired) electrons. The zero-order valence-corrected chi connectivity index (χ0v) is 10.9. The predicted molar refractivity (Wildman–Crippen MR) is 56.6 cm³/mol. The first-order valence-corrected chi connectivity index (χ1v) is 10.9. The van der Waals surface area contributed by atoms with Gasteiger partial charge in [-0.25, -0.2) is 0 Å². The summed E-state index contributed by atoms with van der Waals surface area (Å²) in [5.41, 5.74) is 0. The van der Waals surface area contributed by atoms with Crippen LogP contribution in [0.25, 0.3) is 0 Å². The molecule has 0 heterocycles. The summed E-state index contributed by atoms with van der Waals surface area (Å²) in [4.78, 5) is 0. The Balaban J connectivity index is 0. The first kappa shape index (κ1) is 12.3. The van der Waals surface area contributed by atoms with Crippen molar-refractivity contribution in [1.29, 1.82) is 0 Å². The monoisotopic (exact) mass is 166 g/mol.